The predicted octanol–water partition coefficient (Wildman–Crippen LogP) is 2.91. The normalized spacial score (nSPS) is 22.2. The number of carbonyl (C=O) groups excluding carboxylic acids is 4. The third-order valence-corrected chi connectivity index (χ3v) is 7.22. The molecule has 0 spiro atoms. The average Bonchev–Trinajstić information content (AvgIpc) is 3.12. The third-order valence-electron chi connectivity index (χ3n) is 7.22. The van der Waals surface area contributed by atoms with Crippen molar-refractivity contribution in [2.75, 3.05) is 33.4 Å². The lowest BCUT2D eigenvalue weighted by molar-refractivity contribution is -0.144. The Morgan fingerprint density at radius 3 is 2.53 bits per heavy atom. The summed E-state index contributed by atoms with van der Waals surface area (Å²) in [7, 11) is 1.46. The zero-order chi connectivity index (χ0) is 25.7. The Morgan fingerprint density at radius 1 is 1.08 bits per heavy atom. The third kappa shape index (κ3) is 5.23. The number of imide groups is 1. The second-order valence-electron chi connectivity index (χ2n) is 9.57. The molecule has 7 nitrogen and oxygen atoms in total. The Labute approximate surface area is 210 Å². The van der Waals surface area contributed by atoms with E-state index in [-0.39, 0.29) is 55.7 Å². The van der Waals surface area contributed by atoms with Gasteiger partial charge in [-0.05, 0) is 24.5 Å². The molecule has 0 aliphatic carbocycles. The van der Waals surface area contributed by atoms with Gasteiger partial charge in [-0.3, -0.25) is 24.1 Å². The topological polar surface area (TPSA) is 84.0 Å². The van der Waals surface area contributed by atoms with Crippen LogP contribution in [-0.4, -0.2) is 66.7 Å². The zero-order valence-corrected chi connectivity index (χ0v) is 20.5. The minimum absolute atomic E-state index is 0.0400. The lowest BCUT2D eigenvalue weighted by Crippen LogP contribution is -2.47. The van der Waals surface area contributed by atoms with E-state index < -0.39 is 23.0 Å². The van der Waals surface area contributed by atoms with Crippen molar-refractivity contribution < 1.29 is 28.3 Å². The van der Waals surface area contributed by atoms with E-state index in [1.807, 2.05) is 30.3 Å². The molecule has 2 heterocycles. The van der Waals surface area contributed by atoms with Crippen molar-refractivity contribution in [2.24, 2.45) is 5.92 Å². The molecule has 8 heteroatoms. The Kier molecular flexibility index (Phi) is 7.94. The maximum Gasteiger partial charge on any atom is 0.241 e. The average molecular weight is 495 g/mol. The fourth-order valence-electron chi connectivity index (χ4n) is 5.28. The van der Waals surface area contributed by atoms with Crippen LogP contribution in [-0.2, 0) is 35.8 Å². The molecular weight excluding hydrogens is 463 g/mol. The SMILES string of the molecule is COCCN1C(=O)C[C@@](CC(=O)N2CCC[C@@H](C(=O)Cc3ccccc3)C2)(c2ccccc2F)C1=O. The van der Waals surface area contributed by atoms with E-state index in [4.69, 9.17) is 4.74 Å². The molecule has 4 rings (SSSR count). The van der Waals surface area contributed by atoms with Crippen LogP contribution in [0.2, 0.25) is 0 Å². The summed E-state index contributed by atoms with van der Waals surface area (Å²) in [5, 5.41) is 0. The van der Waals surface area contributed by atoms with Crippen molar-refractivity contribution in [1.29, 1.82) is 0 Å². The molecular formula is C28H31FN2O5. The quantitative estimate of drug-likeness (QED) is 0.501. The molecule has 2 aromatic carbocycles. The fraction of sp³-hybridized carbons (Fsp3) is 0.429. The van der Waals surface area contributed by atoms with Crippen LogP contribution < -0.4 is 0 Å². The Bertz CT molecular complexity index is 1140. The monoisotopic (exact) mass is 494 g/mol. The van der Waals surface area contributed by atoms with Crippen molar-refractivity contribution in [3.05, 3.63) is 71.5 Å². The van der Waals surface area contributed by atoms with Gasteiger partial charge in [0.2, 0.25) is 17.7 Å². The molecule has 0 saturated carbocycles. The molecule has 190 valence electrons. The van der Waals surface area contributed by atoms with Crippen LogP contribution in [0.1, 0.15) is 36.8 Å². The van der Waals surface area contributed by atoms with Crippen LogP contribution in [0.3, 0.4) is 0 Å². The van der Waals surface area contributed by atoms with Crippen LogP contribution in [0.4, 0.5) is 4.39 Å². The van der Waals surface area contributed by atoms with Gasteiger partial charge >= 0.3 is 0 Å². The molecule has 36 heavy (non-hydrogen) atoms. The van der Waals surface area contributed by atoms with E-state index in [0.29, 0.717) is 25.8 Å². The zero-order valence-electron chi connectivity index (χ0n) is 20.5. The van der Waals surface area contributed by atoms with Gasteiger partial charge in [-0.2, -0.15) is 0 Å². The number of benzene rings is 2. The van der Waals surface area contributed by atoms with E-state index in [9.17, 15) is 23.6 Å². The van der Waals surface area contributed by atoms with E-state index in [2.05, 4.69) is 0 Å². The summed E-state index contributed by atoms with van der Waals surface area (Å²) < 4.78 is 20.0. The lowest BCUT2D eigenvalue weighted by Gasteiger charge is -2.35. The lowest BCUT2D eigenvalue weighted by atomic mass is 9.75. The van der Waals surface area contributed by atoms with Gasteiger partial charge < -0.3 is 9.64 Å². The van der Waals surface area contributed by atoms with Gasteiger partial charge in [-0.25, -0.2) is 4.39 Å². The van der Waals surface area contributed by atoms with E-state index in [1.54, 1.807) is 11.0 Å². The van der Waals surface area contributed by atoms with Crippen molar-refractivity contribution >= 4 is 23.5 Å². The number of piperidine rings is 1. The highest BCUT2D eigenvalue weighted by Crippen LogP contribution is 2.41. The Balaban J connectivity index is 1.54. The second-order valence-corrected chi connectivity index (χ2v) is 9.57. The van der Waals surface area contributed by atoms with Gasteiger partial charge in [0, 0.05) is 50.9 Å². The number of carbonyl (C=O) groups is 4. The first-order valence-electron chi connectivity index (χ1n) is 12.3. The van der Waals surface area contributed by atoms with Crippen molar-refractivity contribution in [3.63, 3.8) is 0 Å². The van der Waals surface area contributed by atoms with E-state index in [0.717, 1.165) is 10.5 Å². The number of methoxy groups -OCH3 is 1. The summed E-state index contributed by atoms with van der Waals surface area (Å²) in [5.41, 5.74) is -0.644. The predicted molar refractivity (Wildman–Crippen MR) is 130 cm³/mol. The molecule has 0 bridgehead atoms. The first-order valence-corrected chi connectivity index (χ1v) is 12.3. The molecule has 0 unspecified atom stereocenters. The number of hydrogen-bond acceptors (Lipinski definition) is 5. The number of hydrogen-bond donors (Lipinski definition) is 0. The first-order chi connectivity index (χ1) is 17.4. The first kappa shape index (κ1) is 25.7. The van der Waals surface area contributed by atoms with Crippen LogP contribution in [0, 0.1) is 11.7 Å². The smallest absolute Gasteiger partial charge is 0.241 e. The molecule has 2 atom stereocenters. The number of nitrogens with zero attached hydrogens (tertiary/aromatic N) is 2. The van der Waals surface area contributed by atoms with Gasteiger partial charge in [0.05, 0.1) is 18.6 Å². The fourth-order valence-corrected chi connectivity index (χ4v) is 5.28. The minimum atomic E-state index is -1.62. The Hall–Kier alpha value is -3.39. The van der Waals surface area contributed by atoms with Crippen LogP contribution >= 0.6 is 0 Å². The molecule has 0 aromatic heterocycles. The highest BCUT2D eigenvalue weighted by atomic mass is 19.1. The van der Waals surface area contributed by atoms with Crippen molar-refractivity contribution in [1.82, 2.24) is 9.80 Å². The minimum Gasteiger partial charge on any atom is -0.383 e. The number of ketones is 1. The molecule has 2 aromatic rings. The summed E-state index contributed by atoms with van der Waals surface area (Å²) in [6.45, 7) is 0.901. The second kappa shape index (κ2) is 11.1. The highest BCUT2D eigenvalue weighted by molar-refractivity contribution is 6.10. The van der Waals surface area contributed by atoms with Crippen molar-refractivity contribution in [2.45, 2.75) is 37.5 Å². The van der Waals surface area contributed by atoms with Gasteiger partial charge in [0.25, 0.3) is 0 Å². The molecule has 2 fully saturated rings. The Morgan fingerprint density at radius 2 is 1.81 bits per heavy atom. The van der Waals surface area contributed by atoms with Gasteiger partial charge in [-0.1, -0.05) is 48.5 Å². The summed E-state index contributed by atoms with van der Waals surface area (Å²) in [4.78, 5) is 55.5. The molecule has 3 amide bonds. The number of ether oxygens (including phenoxy) is 1. The van der Waals surface area contributed by atoms with Crippen LogP contribution in [0.25, 0.3) is 0 Å². The molecule has 2 saturated heterocycles. The number of likely N-dealkylation sites (tertiary alicyclic amines) is 2. The maximum absolute atomic E-state index is 15.0. The number of rotatable bonds is 9. The summed E-state index contributed by atoms with van der Waals surface area (Å²) in [5.74, 6) is -2.26. The largest absolute Gasteiger partial charge is 0.383 e. The van der Waals surface area contributed by atoms with Gasteiger partial charge in [0.1, 0.15) is 11.6 Å². The molecule has 2 aliphatic heterocycles. The van der Waals surface area contributed by atoms with Crippen molar-refractivity contribution in [3.8, 4) is 0 Å². The van der Waals surface area contributed by atoms with Crippen LogP contribution in [0.15, 0.2) is 54.6 Å². The molecule has 0 radical (unpaired) electrons. The highest BCUT2D eigenvalue weighted by Gasteiger charge is 2.55. The molecule has 0 N–H and O–H groups in total. The maximum atomic E-state index is 15.0. The summed E-state index contributed by atoms with van der Waals surface area (Å²) in [6.07, 6.45) is 1.04. The number of amides is 3. The molecule has 2 aliphatic rings. The summed E-state index contributed by atoms with van der Waals surface area (Å²) >= 11 is 0. The van der Waals surface area contributed by atoms with Crippen LogP contribution in [0.5, 0.6) is 0 Å². The van der Waals surface area contributed by atoms with E-state index in [1.165, 1.54) is 25.3 Å². The van der Waals surface area contributed by atoms with Gasteiger partial charge in [-0.15, -0.1) is 0 Å². The number of halogens is 1. The van der Waals surface area contributed by atoms with Gasteiger partial charge in [0.15, 0.2) is 0 Å². The van der Waals surface area contributed by atoms with E-state index >= 15 is 0 Å². The number of Topliss-reactive ketones (excluding diaryl/α,β-unsaturated/α-hetero) is 1. The standard InChI is InChI=1S/C28H31FN2O5/c1-36-15-14-31-26(34)18-28(27(31)35,22-11-5-6-12-23(22)29)17-25(33)30-13-7-10-21(19-30)24(32)16-20-8-3-2-4-9-20/h2-6,8-9,11-12,21H,7,10,13-19H2,1H3/t21-,28+/m1/s1. The summed E-state index contributed by atoms with van der Waals surface area (Å²) in [6, 6.07) is 15.3.